The summed E-state index contributed by atoms with van der Waals surface area (Å²) in [6, 6.07) is 22.8. The Bertz CT molecular complexity index is 1250. The van der Waals surface area contributed by atoms with Gasteiger partial charge in [0.25, 0.3) is 0 Å². The predicted octanol–water partition coefficient (Wildman–Crippen LogP) is 6.99. The van der Waals surface area contributed by atoms with Gasteiger partial charge in [0.2, 0.25) is 0 Å². The van der Waals surface area contributed by atoms with Crippen molar-refractivity contribution < 1.29 is 24.2 Å². The van der Waals surface area contributed by atoms with E-state index >= 15 is 0 Å². The van der Waals surface area contributed by atoms with Gasteiger partial charge in [-0.25, -0.2) is 4.79 Å². The van der Waals surface area contributed by atoms with Gasteiger partial charge in [-0.3, -0.25) is 9.69 Å². The van der Waals surface area contributed by atoms with E-state index in [2.05, 4.69) is 44.7 Å². The van der Waals surface area contributed by atoms with Gasteiger partial charge in [-0.2, -0.15) is 0 Å². The van der Waals surface area contributed by atoms with Crippen molar-refractivity contribution in [3.05, 3.63) is 95.1 Å². The highest BCUT2D eigenvalue weighted by atomic mass is 16.5. The van der Waals surface area contributed by atoms with Crippen molar-refractivity contribution in [1.82, 2.24) is 4.90 Å². The first-order chi connectivity index (χ1) is 18.9. The average Bonchev–Trinajstić information content (AvgIpc) is 2.91. The van der Waals surface area contributed by atoms with Crippen molar-refractivity contribution in [1.29, 1.82) is 0 Å². The molecule has 0 saturated carbocycles. The Hall–Kier alpha value is -3.48. The molecule has 0 fully saturated rings. The molecule has 6 heteroatoms. The number of esters is 2. The van der Waals surface area contributed by atoms with Crippen LogP contribution in [0.1, 0.15) is 87.9 Å². The molecule has 0 amide bonds. The number of carbonyl (C=O) groups is 2. The molecule has 40 heavy (non-hydrogen) atoms. The first-order valence-corrected chi connectivity index (χ1v) is 14.0. The standard InChI is InChI=1S/C34H43NO5/c1-23(2)35(24(3)4)20-19-29(26-11-9-8-10-12-26)30-21-25(22-36)13-18-31(30)40-32(37)27-14-16-28(17-15-27)39-33(38)34(5,6)7/h8-18,21,23-24,29,36H,19-20,22H2,1-7H3. The minimum Gasteiger partial charge on any atom is -0.426 e. The monoisotopic (exact) mass is 545 g/mol. The van der Waals surface area contributed by atoms with Crippen LogP contribution in [0.3, 0.4) is 0 Å². The smallest absolute Gasteiger partial charge is 0.343 e. The molecule has 3 aromatic rings. The summed E-state index contributed by atoms with van der Waals surface area (Å²) in [5.74, 6) is -0.0792. The van der Waals surface area contributed by atoms with Gasteiger partial charge in [0.1, 0.15) is 11.5 Å². The third-order valence-electron chi connectivity index (χ3n) is 6.95. The molecule has 6 nitrogen and oxygen atoms in total. The summed E-state index contributed by atoms with van der Waals surface area (Å²) in [6.45, 7) is 14.9. The summed E-state index contributed by atoms with van der Waals surface area (Å²) in [4.78, 5) is 27.9. The van der Waals surface area contributed by atoms with Crippen molar-refractivity contribution in [2.45, 2.75) is 79.5 Å². The predicted molar refractivity (Wildman–Crippen MR) is 159 cm³/mol. The number of aliphatic hydroxyl groups is 1. The van der Waals surface area contributed by atoms with Crippen LogP contribution >= 0.6 is 0 Å². The fourth-order valence-electron chi connectivity index (χ4n) is 4.72. The van der Waals surface area contributed by atoms with Crippen LogP contribution in [0.25, 0.3) is 0 Å². The molecule has 1 N–H and O–H groups in total. The summed E-state index contributed by atoms with van der Waals surface area (Å²) in [7, 11) is 0. The fourth-order valence-corrected chi connectivity index (χ4v) is 4.72. The number of hydrogen-bond donors (Lipinski definition) is 1. The van der Waals surface area contributed by atoms with Crippen LogP contribution in [-0.4, -0.2) is 40.6 Å². The molecule has 0 aromatic heterocycles. The van der Waals surface area contributed by atoms with Gasteiger partial charge < -0.3 is 14.6 Å². The van der Waals surface area contributed by atoms with E-state index in [0.717, 1.165) is 29.7 Å². The highest BCUT2D eigenvalue weighted by Crippen LogP contribution is 2.36. The zero-order valence-corrected chi connectivity index (χ0v) is 24.8. The van der Waals surface area contributed by atoms with Gasteiger partial charge in [0.05, 0.1) is 17.6 Å². The van der Waals surface area contributed by atoms with Crippen molar-refractivity contribution in [2.24, 2.45) is 5.41 Å². The molecule has 0 aliphatic carbocycles. The average molecular weight is 546 g/mol. The van der Waals surface area contributed by atoms with Crippen molar-refractivity contribution in [2.75, 3.05) is 6.54 Å². The van der Waals surface area contributed by atoms with Crippen molar-refractivity contribution >= 4 is 11.9 Å². The molecule has 1 unspecified atom stereocenters. The third kappa shape index (κ3) is 8.26. The molecule has 3 rings (SSSR count). The molecule has 1 atom stereocenters. The Morgan fingerprint density at radius 3 is 2.02 bits per heavy atom. The van der Waals surface area contributed by atoms with Gasteiger partial charge in [0, 0.05) is 23.6 Å². The number of nitrogens with zero attached hydrogens (tertiary/aromatic N) is 1. The SMILES string of the molecule is CC(C)N(CCC(c1ccccc1)c1cc(CO)ccc1OC(=O)c1ccc(OC(=O)C(C)(C)C)cc1)C(C)C. The molecule has 0 radical (unpaired) electrons. The summed E-state index contributed by atoms with van der Waals surface area (Å²) < 4.78 is 11.4. The molecule has 0 heterocycles. The Kier molecular flexibility index (Phi) is 10.7. The van der Waals surface area contributed by atoms with Gasteiger partial charge >= 0.3 is 11.9 Å². The second-order valence-corrected chi connectivity index (χ2v) is 11.8. The molecular formula is C34H43NO5. The molecule has 0 spiro atoms. The van der Waals surface area contributed by atoms with E-state index in [1.807, 2.05) is 24.3 Å². The van der Waals surface area contributed by atoms with Crippen molar-refractivity contribution in [3.8, 4) is 11.5 Å². The van der Waals surface area contributed by atoms with Gasteiger partial charge in [-0.15, -0.1) is 0 Å². The first kappa shape index (κ1) is 31.1. The van der Waals surface area contributed by atoms with Crippen LogP contribution in [0, 0.1) is 5.41 Å². The maximum atomic E-state index is 13.2. The van der Waals surface area contributed by atoms with Gasteiger partial charge in [0.15, 0.2) is 0 Å². The normalized spacial score (nSPS) is 12.6. The van der Waals surface area contributed by atoms with Crippen LogP contribution in [0.15, 0.2) is 72.8 Å². The molecule has 0 saturated heterocycles. The summed E-state index contributed by atoms with van der Waals surface area (Å²) in [5, 5.41) is 9.92. The van der Waals surface area contributed by atoms with Gasteiger partial charge in [-0.1, -0.05) is 36.4 Å². The Balaban J connectivity index is 1.91. The summed E-state index contributed by atoms with van der Waals surface area (Å²) in [5.41, 5.74) is 2.44. The van der Waals surface area contributed by atoms with Crippen LogP contribution in [0.5, 0.6) is 11.5 Å². The molecule has 0 bridgehead atoms. The van der Waals surface area contributed by atoms with Gasteiger partial charge in [-0.05, 0) is 109 Å². The Morgan fingerprint density at radius 2 is 1.48 bits per heavy atom. The van der Waals surface area contributed by atoms with Crippen LogP contribution < -0.4 is 9.47 Å². The van der Waals surface area contributed by atoms with E-state index in [1.165, 1.54) is 0 Å². The van der Waals surface area contributed by atoms with E-state index in [4.69, 9.17) is 9.47 Å². The number of benzene rings is 3. The Morgan fingerprint density at radius 1 is 0.850 bits per heavy atom. The number of aliphatic hydroxyl groups excluding tert-OH is 1. The molecule has 0 aliphatic heterocycles. The molecule has 3 aromatic carbocycles. The topological polar surface area (TPSA) is 76.1 Å². The lowest BCUT2D eigenvalue weighted by Gasteiger charge is -2.32. The number of hydrogen-bond acceptors (Lipinski definition) is 6. The second-order valence-electron chi connectivity index (χ2n) is 11.8. The minimum atomic E-state index is -0.634. The lowest BCUT2D eigenvalue weighted by molar-refractivity contribution is -0.143. The van der Waals surface area contributed by atoms with E-state index in [1.54, 1.807) is 57.2 Å². The number of rotatable bonds is 11. The highest BCUT2D eigenvalue weighted by Gasteiger charge is 2.25. The largest absolute Gasteiger partial charge is 0.426 e. The second kappa shape index (κ2) is 13.7. The maximum Gasteiger partial charge on any atom is 0.343 e. The third-order valence-corrected chi connectivity index (χ3v) is 6.95. The minimum absolute atomic E-state index is 0.0466. The molecule has 0 aliphatic rings. The van der Waals surface area contributed by atoms with Crippen molar-refractivity contribution in [3.63, 3.8) is 0 Å². The van der Waals surface area contributed by atoms with E-state index < -0.39 is 11.4 Å². The fraction of sp³-hybridized carbons (Fsp3) is 0.412. The quantitative estimate of drug-likeness (QED) is 0.207. The molecule has 214 valence electrons. The molecular weight excluding hydrogens is 502 g/mol. The Labute approximate surface area is 238 Å². The van der Waals surface area contributed by atoms with E-state index in [0.29, 0.717) is 29.1 Å². The van der Waals surface area contributed by atoms with Crippen LogP contribution in [0.2, 0.25) is 0 Å². The highest BCUT2D eigenvalue weighted by molar-refractivity contribution is 5.91. The zero-order chi connectivity index (χ0) is 29.4. The zero-order valence-electron chi connectivity index (χ0n) is 24.8. The lowest BCUT2D eigenvalue weighted by Crippen LogP contribution is -2.38. The first-order valence-electron chi connectivity index (χ1n) is 14.0. The van der Waals surface area contributed by atoms with Crippen LogP contribution in [0.4, 0.5) is 0 Å². The van der Waals surface area contributed by atoms with E-state index in [-0.39, 0.29) is 18.5 Å². The maximum absolute atomic E-state index is 13.2. The summed E-state index contributed by atoms with van der Waals surface area (Å²) in [6.07, 6.45) is 0.813. The summed E-state index contributed by atoms with van der Waals surface area (Å²) >= 11 is 0. The van der Waals surface area contributed by atoms with Crippen LogP contribution in [-0.2, 0) is 11.4 Å². The number of ether oxygens (including phenoxy) is 2. The lowest BCUT2D eigenvalue weighted by atomic mass is 9.86. The number of carbonyl (C=O) groups excluding carboxylic acids is 2. The van der Waals surface area contributed by atoms with E-state index in [9.17, 15) is 14.7 Å².